The molecule has 9 nitrogen and oxygen atoms in total. The van der Waals surface area contributed by atoms with Crippen molar-refractivity contribution in [2.24, 2.45) is 17.9 Å². The second kappa shape index (κ2) is 6.46. The molecule has 0 atom stereocenters. The molecule has 0 aliphatic carbocycles. The number of rotatable bonds is 5. The van der Waals surface area contributed by atoms with Crippen LogP contribution in [-0.2, 0) is 13.5 Å². The molecule has 9 heteroatoms. The highest BCUT2D eigenvalue weighted by atomic mass is 16.4. The molecule has 0 aromatic carbocycles. The van der Waals surface area contributed by atoms with Crippen molar-refractivity contribution >= 4 is 11.7 Å². The van der Waals surface area contributed by atoms with Gasteiger partial charge in [-0.25, -0.2) is 0 Å². The van der Waals surface area contributed by atoms with E-state index >= 15 is 0 Å². The van der Waals surface area contributed by atoms with Gasteiger partial charge in [0.1, 0.15) is 17.8 Å². The van der Waals surface area contributed by atoms with Gasteiger partial charge in [0.15, 0.2) is 5.84 Å². The molecular formula is C12H15N7O2. The summed E-state index contributed by atoms with van der Waals surface area (Å²) < 4.78 is 1.79. The van der Waals surface area contributed by atoms with Gasteiger partial charge < -0.3 is 20.8 Å². The average Bonchev–Trinajstić information content (AvgIpc) is 2.92. The lowest BCUT2D eigenvalue weighted by atomic mass is 10.2. The molecule has 0 saturated carbocycles. The van der Waals surface area contributed by atoms with E-state index in [0.29, 0.717) is 18.5 Å². The lowest BCUT2D eigenvalue weighted by Crippen LogP contribution is -2.27. The molecule has 0 aliphatic rings. The summed E-state index contributed by atoms with van der Waals surface area (Å²) in [6.07, 6.45) is 3.54. The first kappa shape index (κ1) is 14.4. The fourth-order valence-corrected chi connectivity index (χ4v) is 1.65. The van der Waals surface area contributed by atoms with Crippen LogP contribution in [-0.4, -0.2) is 43.2 Å². The van der Waals surface area contributed by atoms with Crippen molar-refractivity contribution in [3.8, 4) is 0 Å². The molecule has 1 amide bonds. The van der Waals surface area contributed by atoms with Crippen molar-refractivity contribution < 1.29 is 10.0 Å². The minimum Gasteiger partial charge on any atom is -0.409 e. The first-order valence-electron chi connectivity index (χ1n) is 6.17. The topological polar surface area (TPSA) is 131 Å². The van der Waals surface area contributed by atoms with Gasteiger partial charge in [-0.05, 0) is 12.1 Å². The molecular weight excluding hydrogens is 274 g/mol. The Morgan fingerprint density at radius 2 is 2.33 bits per heavy atom. The lowest BCUT2D eigenvalue weighted by Gasteiger charge is -2.05. The van der Waals surface area contributed by atoms with Crippen LogP contribution in [0.3, 0.4) is 0 Å². The Morgan fingerprint density at radius 1 is 1.52 bits per heavy atom. The highest BCUT2D eigenvalue weighted by Gasteiger charge is 2.08. The fraction of sp³-hybridized carbons (Fsp3) is 0.250. The van der Waals surface area contributed by atoms with Crippen molar-refractivity contribution in [3.63, 3.8) is 0 Å². The predicted octanol–water partition coefficient (Wildman–Crippen LogP) is -0.723. The van der Waals surface area contributed by atoms with Gasteiger partial charge in [0.2, 0.25) is 0 Å². The molecule has 21 heavy (non-hydrogen) atoms. The predicted molar refractivity (Wildman–Crippen MR) is 73.8 cm³/mol. The van der Waals surface area contributed by atoms with E-state index in [1.165, 1.54) is 12.3 Å². The van der Waals surface area contributed by atoms with Crippen LogP contribution in [0.15, 0.2) is 29.8 Å². The highest BCUT2D eigenvalue weighted by molar-refractivity contribution is 5.98. The minimum absolute atomic E-state index is 0.0586. The van der Waals surface area contributed by atoms with Crippen molar-refractivity contribution in [1.82, 2.24) is 25.1 Å². The number of nitrogens with one attached hydrogen (secondary N) is 1. The van der Waals surface area contributed by atoms with Crippen LogP contribution in [0.1, 0.15) is 21.9 Å². The summed E-state index contributed by atoms with van der Waals surface area (Å²) in [4.78, 5) is 15.8. The number of amidine groups is 1. The lowest BCUT2D eigenvalue weighted by molar-refractivity contribution is 0.0949. The number of hydrogen-bond acceptors (Lipinski definition) is 6. The Morgan fingerprint density at radius 3 is 2.90 bits per heavy atom. The molecule has 0 radical (unpaired) electrons. The largest absolute Gasteiger partial charge is 0.409 e. The molecule has 0 unspecified atom stereocenters. The van der Waals surface area contributed by atoms with E-state index in [2.05, 4.69) is 25.7 Å². The number of hydrogen-bond donors (Lipinski definition) is 3. The first-order valence-corrected chi connectivity index (χ1v) is 6.17. The summed E-state index contributed by atoms with van der Waals surface area (Å²) in [5.41, 5.74) is 6.10. The first-order chi connectivity index (χ1) is 10.1. The zero-order valence-electron chi connectivity index (χ0n) is 11.4. The molecule has 4 N–H and O–H groups in total. The smallest absolute Gasteiger partial charge is 0.269 e. The van der Waals surface area contributed by atoms with Crippen LogP contribution in [0.4, 0.5) is 0 Å². The Balaban J connectivity index is 1.90. The zero-order chi connectivity index (χ0) is 15.2. The quantitative estimate of drug-likeness (QED) is 0.288. The molecule has 2 aromatic heterocycles. The summed E-state index contributed by atoms with van der Waals surface area (Å²) in [5, 5.41) is 21.8. The summed E-state index contributed by atoms with van der Waals surface area (Å²) in [6, 6.07) is 3.06. The zero-order valence-corrected chi connectivity index (χ0v) is 11.4. The second-order valence-corrected chi connectivity index (χ2v) is 4.28. The van der Waals surface area contributed by atoms with Crippen LogP contribution >= 0.6 is 0 Å². The summed E-state index contributed by atoms with van der Waals surface area (Å²) in [5.74, 6) is 0.422. The summed E-state index contributed by atoms with van der Waals surface area (Å²) >= 11 is 0. The van der Waals surface area contributed by atoms with Crippen molar-refractivity contribution in [3.05, 3.63) is 41.7 Å². The number of aryl methyl sites for hydroxylation is 1. The van der Waals surface area contributed by atoms with E-state index in [1.54, 1.807) is 17.0 Å². The van der Waals surface area contributed by atoms with Crippen molar-refractivity contribution in [2.45, 2.75) is 6.42 Å². The third-order valence-corrected chi connectivity index (χ3v) is 2.84. The van der Waals surface area contributed by atoms with Gasteiger partial charge in [0.25, 0.3) is 5.91 Å². The average molecular weight is 289 g/mol. The molecule has 0 fully saturated rings. The normalized spacial score (nSPS) is 11.4. The van der Waals surface area contributed by atoms with Crippen LogP contribution in [0.25, 0.3) is 0 Å². The summed E-state index contributed by atoms with van der Waals surface area (Å²) in [6.45, 7) is 0.426. The number of nitrogens with zero attached hydrogens (tertiary/aromatic N) is 5. The van der Waals surface area contributed by atoms with Gasteiger partial charge >= 0.3 is 0 Å². The molecule has 0 saturated heterocycles. The molecule has 0 aliphatic heterocycles. The monoisotopic (exact) mass is 289 g/mol. The van der Waals surface area contributed by atoms with E-state index in [4.69, 9.17) is 10.9 Å². The Bertz CT molecular complexity index is 648. The number of oxime groups is 1. The maximum absolute atomic E-state index is 11.9. The van der Waals surface area contributed by atoms with E-state index < -0.39 is 0 Å². The molecule has 2 heterocycles. The van der Waals surface area contributed by atoms with Gasteiger partial charge in [-0.15, -0.1) is 10.2 Å². The van der Waals surface area contributed by atoms with Gasteiger partial charge in [-0.3, -0.25) is 9.78 Å². The maximum Gasteiger partial charge on any atom is 0.269 e. The minimum atomic E-state index is -0.303. The van der Waals surface area contributed by atoms with Crippen molar-refractivity contribution in [2.75, 3.05) is 6.54 Å². The van der Waals surface area contributed by atoms with Gasteiger partial charge in [-0.2, -0.15) is 0 Å². The number of nitrogens with two attached hydrogens (primary N) is 1. The fourth-order valence-electron chi connectivity index (χ4n) is 1.65. The van der Waals surface area contributed by atoms with Crippen LogP contribution in [0, 0.1) is 0 Å². The molecule has 0 spiro atoms. The highest BCUT2D eigenvalue weighted by Crippen LogP contribution is 2.00. The standard InChI is InChI=1S/C12H15N7O2/c1-19-7-16-17-10(19)4-5-14-12(20)9-3-2-8(6-15-9)11(13)18-21/h2-3,6-7,21H,4-5H2,1H3,(H2,13,18)(H,14,20). The number of amides is 1. The van der Waals surface area contributed by atoms with E-state index in [0.717, 1.165) is 5.82 Å². The van der Waals surface area contributed by atoms with E-state index in [-0.39, 0.29) is 17.4 Å². The number of aromatic nitrogens is 4. The van der Waals surface area contributed by atoms with Crippen LogP contribution < -0.4 is 11.1 Å². The van der Waals surface area contributed by atoms with E-state index in [9.17, 15) is 4.79 Å². The Hall–Kier alpha value is -2.97. The van der Waals surface area contributed by atoms with Crippen molar-refractivity contribution in [1.29, 1.82) is 0 Å². The van der Waals surface area contributed by atoms with Crippen LogP contribution in [0.5, 0.6) is 0 Å². The number of carbonyl (C=O) groups excluding carboxylic acids is 1. The Labute approximate surface area is 120 Å². The number of carbonyl (C=O) groups is 1. The molecule has 2 aromatic rings. The number of pyridine rings is 1. The molecule has 110 valence electrons. The van der Waals surface area contributed by atoms with Gasteiger partial charge in [-0.1, -0.05) is 5.16 Å². The third-order valence-electron chi connectivity index (χ3n) is 2.84. The van der Waals surface area contributed by atoms with Gasteiger partial charge in [0.05, 0.1) is 0 Å². The van der Waals surface area contributed by atoms with E-state index in [1.807, 2.05) is 7.05 Å². The maximum atomic E-state index is 11.9. The second-order valence-electron chi connectivity index (χ2n) is 4.28. The third kappa shape index (κ3) is 3.53. The van der Waals surface area contributed by atoms with Gasteiger partial charge in [0, 0.05) is 31.8 Å². The molecule has 2 rings (SSSR count). The summed E-state index contributed by atoms with van der Waals surface area (Å²) in [7, 11) is 1.84. The Kier molecular flexibility index (Phi) is 4.44. The molecule has 0 bridgehead atoms. The SMILES string of the molecule is Cn1cnnc1CCNC(=O)c1ccc(C(N)=NO)cn1. The van der Waals surface area contributed by atoms with Crippen LogP contribution in [0.2, 0.25) is 0 Å².